The minimum Gasteiger partial charge on any atom is -0.481 e. The van der Waals surface area contributed by atoms with Gasteiger partial charge in [-0.25, -0.2) is 0 Å². The summed E-state index contributed by atoms with van der Waals surface area (Å²) in [6, 6.07) is 0. The minimum atomic E-state index is -0.822. The molecule has 0 bridgehead atoms. The molecule has 0 aromatic rings. The Morgan fingerprint density at radius 1 is 1.44 bits per heavy atom. The Kier molecular flexibility index (Phi) is 4.33. The molecular formula is C12H21NO3. The quantitative estimate of drug-likeness (QED) is 0.727. The predicted molar refractivity (Wildman–Crippen MR) is 61.0 cm³/mol. The van der Waals surface area contributed by atoms with E-state index in [2.05, 4.69) is 19.2 Å². The van der Waals surface area contributed by atoms with Crippen LogP contribution in [0.1, 0.15) is 46.0 Å². The molecule has 1 unspecified atom stereocenters. The van der Waals surface area contributed by atoms with Crippen molar-refractivity contribution >= 4 is 11.9 Å². The molecule has 1 rings (SSSR count). The van der Waals surface area contributed by atoms with Crippen LogP contribution in [-0.2, 0) is 9.59 Å². The number of carbonyl (C=O) groups excluding carboxylic acids is 1. The first-order chi connectivity index (χ1) is 7.50. The van der Waals surface area contributed by atoms with Crippen LogP contribution in [0.5, 0.6) is 0 Å². The molecule has 0 aromatic heterocycles. The molecule has 0 spiro atoms. The first-order valence-electron chi connectivity index (χ1n) is 6.00. The minimum absolute atomic E-state index is 0.123. The van der Waals surface area contributed by atoms with Gasteiger partial charge >= 0.3 is 5.97 Å². The van der Waals surface area contributed by atoms with Crippen LogP contribution in [0.25, 0.3) is 0 Å². The number of aliphatic carboxylic acids is 1. The first-order valence-corrected chi connectivity index (χ1v) is 6.00. The van der Waals surface area contributed by atoms with Gasteiger partial charge in [0.1, 0.15) is 0 Å². The highest BCUT2D eigenvalue weighted by atomic mass is 16.4. The molecule has 0 radical (unpaired) electrons. The van der Waals surface area contributed by atoms with Gasteiger partial charge in [0.15, 0.2) is 0 Å². The van der Waals surface area contributed by atoms with Crippen LogP contribution in [-0.4, -0.2) is 23.5 Å². The molecule has 0 heterocycles. The third kappa shape index (κ3) is 2.97. The molecule has 92 valence electrons. The molecular weight excluding hydrogens is 206 g/mol. The van der Waals surface area contributed by atoms with Crippen molar-refractivity contribution in [2.75, 3.05) is 6.54 Å². The third-order valence-corrected chi connectivity index (χ3v) is 3.61. The SMILES string of the molecule is CCC(C)CNC(=O)CC1(C(=O)O)CCC1. The van der Waals surface area contributed by atoms with Gasteiger partial charge < -0.3 is 10.4 Å². The Labute approximate surface area is 96.4 Å². The van der Waals surface area contributed by atoms with Gasteiger partial charge in [0, 0.05) is 13.0 Å². The maximum atomic E-state index is 11.6. The first kappa shape index (κ1) is 13.0. The molecule has 1 aliphatic rings. The van der Waals surface area contributed by atoms with Crippen LogP contribution in [0.4, 0.5) is 0 Å². The Morgan fingerprint density at radius 2 is 2.06 bits per heavy atom. The standard InChI is InChI=1S/C12H21NO3/c1-3-9(2)8-13-10(14)7-12(11(15)16)5-4-6-12/h9H,3-8H2,1-2H3,(H,13,14)(H,15,16). The molecule has 1 aliphatic carbocycles. The molecule has 1 atom stereocenters. The van der Waals surface area contributed by atoms with Gasteiger partial charge in [-0.3, -0.25) is 9.59 Å². The van der Waals surface area contributed by atoms with Gasteiger partial charge in [-0.2, -0.15) is 0 Å². The summed E-state index contributed by atoms with van der Waals surface area (Å²) in [7, 11) is 0. The van der Waals surface area contributed by atoms with E-state index in [4.69, 9.17) is 5.11 Å². The van der Waals surface area contributed by atoms with Crippen molar-refractivity contribution in [1.29, 1.82) is 0 Å². The molecule has 4 heteroatoms. The van der Waals surface area contributed by atoms with E-state index < -0.39 is 11.4 Å². The van der Waals surface area contributed by atoms with Crippen LogP contribution >= 0.6 is 0 Å². The number of nitrogens with one attached hydrogen (secondary N) is 1. The van der Waals surface area contributed by atoms with E-state index in [9.17, 15) is 9.59 Å². The lowest BCUT2D eigenvalue weighted by atomic mass is 9.66. The fourth-order valence-electron chi connectivity index (χ4n) is 1.87. The predicted octanol–water partition coefficient (Wildman–Crippen LogP) is 1.79. The highest BCUT2D eigenvalue weighted by molar-refractivity contribution is 5.85. The van der Waals surface area contributed by atoms with E-state index in [1.54, 1.807) is 0 Å². The van der Waals surface area contributed by atoms with E-state index in [0.29, 0.717) is 25.3 Å². The Morgan fingerprint density at radius 3 is 2.44 bits per heavy atom. The number of carboxylic acids is 1. The van der Waals surface area contributed by atoms with Crippen molar-refractivity contribution in [3.8, 4) is 0 Å². The van der Waals surface area contributed by atoms with Crippen LogP contribution < -0.4 is 5.32 Å². The fourth-order valence-corrected chi connectivity index (χ4v) is 1.87. The molecule has 0 aromatic carbocycles. The maximum absolute atomic E-state index is 11.6. The maximum Gasteiger partial charge on any atom is 0.310 e. The number of carbonyl (C=O) groups is 2. The lowest BCUT2D eigenvalue weighted by Crippen LogP contribution is -2.43. The second-order valence-electron chi connectivity index (χ2n) is 4.93. The van der Waals surface area contributed by atoms with E-state index in [0.717, 1.165) is 12.8 Å². The largest absolute Gasteiger partial charge is 0.481 e. The molecule has 2 N–H and O–H groups in total. The zero-order valence-electron chi connectivity index (χ0n) is 10.1. The fraction of sp³-hybridized carbons (Fsp3) is 0.833. The van der Waals surface area contributed by atoms with Crippen LogP contribution in [0, 0.1) is 11.3 Å². The molecule has 1 amide bonds. The summed E-state index contributed by atoms with van der Waals surface area (Å²) in [4.78, 5) is 22.7. The number of rotatable bonds is 6. The van der Waals surface area contributed by atoms with Gasteiger partial charge in [-0.15, -0.1) is 0 Å². The molecule has 0 aliphatic heterocycles. The lowest BCUT2D eigenvalue weighted by molar-refractivity contribution is -0.157. The molecule has 1 saturated carbocycles. The third-order valence-electron chi connectivity index (χ3n) is 3.61. The van der Waals surface area contributed by atoms with Crippen molar-refractivity contribution in [3.63, 3.8) is 0 Å². The molecule has 4 nitrogen and oxygen atoms in total. The Bertz CT molecular complexity index is 271. The van der Waals surface area contributed by atoms with Crippen LogP contribution in [0.3, 0.4) is 0 Å². The lowest BCUT2D eigenvalue weighted by Gasteiger charge is -2.37. The van der Waals surface area contributed by atoms with Crippen LogP contribution in [0.15, 0.2) is 0 Å². The van der Waals surface area contributed by atoms with E-state index >= 15 is 0 Å². The van der Waals surface area contributed by atoms with E-state index in [1.165, 1.54) is 0 Å². The summed E-state index contributed by atoms with van der Waals surface area (Å²) >= 11 is 0. The second kappa shape index (κ2) is 5.32. The number of hydrogen-bond donors (Lipinski definition) is 2. The summed E-state index contributed by atoms with van der Waals surface area (Å²) in [5.41, 5.74) is -0.764. The average molecular weight is 227 g/mol. The van der Waals surface area contributed by atoms with Gasteiger partial charge in [-0.1, -0.05) is 26.7 Å². The van der Waals surface area contributed by atoms with Crippen molar-refractivity contribution < 1.29 is 14.7 Å². The summed E-state index contributed by atoms with van der Waals surface area (Å²) in [5, 5.41) is 11.9. The molecule has 0 saturated heterocycles. The van der Waals surface area contributed by atoms with Crippen LogP contribution in [0.2, 0.25) is 0 Å². The summed E-state index contributed by atoms with van der Waals surface area (Å²) < 4.78 is 0. The van der Waals surface area contributed by atoms with E-state index in [1.807, 2.05) is 0 Å². The Hall–Kier alpha value is -1.06. The normalized spacial score (nSPS) is 19.6. The smallest absolute Gasteiger partial charge is 0.310 e. The zero-order valence-corrected chi connectivity index (χ0v) is 10.1. The molecule has 16 heavy (non-hydrogen) atoms. The van der Waals surface area contributed by atoms with Crippen molar-refractivity contribution in [3.05, 3.63) is 0 Å². The highest BCUT2D eigenvalue weighted by Gasteiger charge is 2.45. The van der Waals surface area contributed by atoms with Crippen molar-refractivity contribution in [2.45, 2.75) is 46.0 Å². The number of amides is 1. The highest BCUT2D eigenvalue weighted by Crippen LogP contribution is 2.44. The van der Waals surface area contributed by atoms with Gasteiger partial charge in [0.25, 0.3) is 0 Å². The monoisotopic (exact) mass is 227 g/mol. The van der Waals surface area contributed by atoms with Crippen molar-refractivity contribution in [1.82, 2.24) is 5.32 Å². The molecule has 1 fully saturated rings. The summed E-state index contributed by atoms with van der Waals surface area (Å²) in [6.45, 7) is 4.78. The Balaban J connectivity index is 2.36. The van der Waals surface area contributed by atoms with Gasteiger partial charge in [0.2, 0.25) is 5.91 Å². The summed E-state index contributed by atoms with van der Waals surface area (Å²) in [5.74, 6) is -0.494. The zero-order chi connectivity index (χ0) is 12.2. The number of carboxylic acid groups (broad SMARTS) is 1. The van der Waals surface area contributed by atoms with Gasteiger partial charge in [0.05, 0.1) is 5.41 Å². The van der Waals surface area contributed by atoms with Gasteiger partial charge in [-0.05, 0) is 18.8 Å². The van der Waals surface area contributed by atoms with Crippen molar-refractivity contribution in [2.24, 2.45) is 11.3 Å². The topological polar surface area (TPSA) is 66.4 Å². The number of hydrogen-bond acceptors (Lipinski definition) is 2. The summed E-state index contributed by atoms with van der Waals surface area (Å²) in [6.07, 6.45) is 3.35. The van der Waals surface area contributed by atoms with E-state index in [-0.39, 0.29) is 12.3 Å². The average Bonchev–Trinajstić information content (AvgIpc) is 2.19. The second-order valence-corrected chi connectivity index (χ2v) is 4.93.